The Kier molecular flexibility index (Phi) is 6.34. The summed E-state index contributed by atoms with van der Waals surface area (Å²) in [4.78, 5) is 24.4. The fourth-order valence-corrected chi connectivity index (χ4v) is 4.89. The average Bonchev–Trinajstić information content (AvgIpc) is 2.83. The molecular formula is C24H22N2O5S. The molecule has 1 aliphatic heterocycles. The number of sulfonamides is 1. The second-order valence-corrected chi connectivity index (χ2v) is 9.26. The van der Waals surface area contributed by atoms with Crippen LogP contribution in [-0.4, -0.2) is 44.2 Å². The number of ether oxygens (including phenoxy) is 1. The number of piperazine rings is 1. The van der Waals surface area contributed by atoms with E-state index >= 15 is 0 Å². The van der Waals surface area contributed by atoms with E-state index in [1.54, 1.807) is 0 Å². The molecule has 8 heteroatoms. The molecule has 7 nitrogen and oxygen atoms in total. The molecule has 164 valence electrons. The molecule has 0 spiro atoms. The SMILES string of the molecule is O=C1CN(S(=O)(=O)c2ccc(C(=O)OC(c3ccccc3)c3ccccc3)cc2)CCN1. The van der Waals surface area contributed by atoms with E-state index in [9.17, 15) is 18.0 Å². The van der Waals surface area contributed by atoms with Crippen LogP contribution in [0.2, 0.25) is 0 Å². The lowest BCUT2D eigenvalue weighted by atomic mass is 10.0. The highest BCUT2D eigenvalue weighted by molar-refractivity contribution is 7.89. The van der Waals surface area contributed by atoms with Crippen LogP contribution in [0.3, 0.4) is 0 Å². The molecule has 3 aromatic carbocycles. The quantitative estimate of drug-likeness (QED) is 0.583. The summed E-state index contributed by atoms with van der Waals surface area (Å²) in [6, 6.07) is 24.4. The minimum atomic E-state index is -3.83. The molecule has 4 rings (SSSR count). The highest BCUT2D eigenvalue weighted by atomic mass is 32.2. The minimum Gasteiger partial charge on any atom is -0.449 e. The first-order valence-corrected chi connectivity index (χ1v) is 11.6. The van der Waals surface area contributed by atoms with Gasteiger partial charge in [-0.25, -0.2) is 13.2 Å². The highest BCUT2D eigenvalue weighted by Gasteiger charge is 2.29. The molecule has 3 aromatic rings. The van der Waals surface area contributed by atoms with Gasteiger partial charge in [0.25, 0.3) is 0 Å². The van der Waals surface area contributed by atoms with Crippen LogP contribution >= 0.6 is 0 Å². The Labute approximate surface area is 186 Å². The van der Waals surface area contributed by atoms with Gasteiger partial charge in [-0.1, -0.05) is 60.7 Å². The molecule has 0 bridgehead atoms. The van der Waals surface area contributed by atoms with Crippen molar-refractivity contribution in [3.05, 3.63) is 102 Å². The molecule has 32 heavy (non-hydrogen) atoms. The maximum absolute atomic E-state index is 12.9. The first-order chi connectivity index (χ1) is 15.4. The van der Waals surface area contributed by atoms with Gasteiger partial charge in [-0.3, -0.25) is 4.79 Å². The monoisotopic (exact) mass is 450 g/mol. The smallest absolute Gasteiger partial charge is 0.339 e. The highest BCUT2D eigenvalue weighted by Crippen LogP contribution is 2.27. The number of carbonyl (C=O) groups excluding carboxylic acids is 2. The van der Waals surface area contributed by atoms with Crippen molar-refractivity contribution in [2.45, 2.75) is 11.0 Å². The van der Waals surface area contributed by atoms with Crippen molar-refractivity contribution in [3.8, 4) is 0 Å². The lowest BCUT2D eigenvalue weighted by molar-refractivity contribution is -0.122. The van der Waals surface area contributed by atoms with Crippen molar-refractivity contribution in [3.63, 3.8) is 0 Å². The van der Waals surface area contributed by atoms with Gasteiger partial charge in [0.05, 0.1) is 17.0 Å². The van der Waals surface area contributed by atoms with E-state index in [1.807, 2.05) is 60.7 Å². The van der Waals surface area contributed by atoms with E-state index in [1.165, 1.54) is 24.3 Å². The summed E-state index contributed by atoms with van der Waals surface area (Å²) in [5.41, 5.74) is 1.89. The van der Waals surface area contributed by atoms with Crippen LogP contribution < -0.4 is 5.32 Å². The number of nitrogens with zero attached hydrogens (tertiary/aromatic N) is 1. The first kappa shape index (κ1) is 21.7. The Hall–Kier alpha value is -3.49. The number of hydrogen-bond donors (Lipinski definition) is 1. The second kappa shape index (κ2) is 9.33. The molecule has 1 heterocycles. The molecule has 1 amide bonds. The van der Waals surface area contributed by atoms with Crippen LogP contribution in [0.4, 0.5) is 0 Å². The van der Waals surface area contributed by atoms with Crippen molar-refractivity contribution in [2.24, 2.45) is 0 Å². The fourth-order valence-electron chi connectivity index (χ4n) is 3.49. The van der Waals surface area contributed by atoms with Crippen molar-refractivity contribution >= 4 is 21.9 Å². The molecule has 0 atom stereocenters. The molecular weight excluding hydrogens is 428 g/mol. The second-order valence-electron chi connectivity index (χ2n) is 7.32. The van der Waals surface area contributed by atoms with Crippen molar-refractivity contribution in [1.82, 2.24) is 9.62 Å². The number of benzene rings is 3. The van der Waals surface area contributed by atoms with Gasteiger partial charge in [-0.05, 0) is 35.4 Å². The maximum atomic E-state index is 12.9. The molecule has 0 radical (unpaired) electrons. The van der Waals surface area contributed by atoms with Gasteiger partial charge in [0.1, 0.15) is 0 Å². The largest absolute Gasteiger partial charge is 0.449 e. The van der Waals surface area contributed by atoms with Crippen molar-refractivity contribution < 1.29 is 22.7 Å². The van der Waals surface area contributed by atoms with Gasteiger partial charge >= 0.3 is 5.97 Å². The summed E-state index contributed by atoms with van der Waals surface area (Å²) in [6.45, 7) is 0.249. The topological polar surface area (TPSA) is 92.8 Å². The van der Waals surface area contributed by atoms with E-state index in [0.29, 0.717) is 0 Å². The third-order valence-corrected chi connectivity index (χ3v) is 7.02. The van der Waals surface area contributed by atoms with Crippen molar-refractivity contribution in [2.75, 3.05) is 19.6 Å². The summed E-state index contributed by atoms with van der Waals surface area (Å²) in [6.07, 6.45) is -0.597. The summed E-state index contributed by atoms with van der Waals surface area (Å²) < 4.78 is 32.5. The zero-order valence-corrected chi connectivity index (χ0v) is 18.0. The summed E-state index contributed by atoms with van der Waals surface area (Å²) in [5.74, 6) is -0.906. The Morgan fingerprint density at radius 1 is 0.875 bits per heavy atom. The van der Waals surface area contributed by atoms with Crippen LogP contribution in [0.1, 0.15) is 27.6 Å². The number of hydrogen-bond acceptors (Lipinski definition) is 5. The predicted octanol–water partition coefficient (Wildman–Crippen LogP) is 2.75. The lowest BCUT2D eigenvalue weighted by Crippen LogP contribution is -2.49. The molecule has 0 aliphatic carbocycles. The van der Waals surface area contributed by atoms with Crippen molar-refractivity contribution in [1.29, 1.82) is 0 Å². The minimum absolute atomic E-state index is 0.0198. The Balaban J connectivity index is 1.54. The fraction of sp³-hybridized carbons (Fsp3) is 0.167. The summed E-state index contributed by atoms with van der Waals surface area (Å²) >= 11 is 0. The molecule has 1 fully saturated rings. The van der Waals surface area contributed by atoms with Crippen LogP contribution in [0.15, 0.2) is 89.8 Å². The maximum Gasteiger partial charge on any atom is 0.339 e. The normalized spacial score (nSPS) is 14.7. The number of rotatable bonds is 6. The van der Waals surface area contributed by atoms with Gasteiger partial charge in [0, 0.05) is 13.1 Å². The predicted molar refractivity (Wildman–Crippen MR) is 118 cm³/mol. The van der Waals surface area contributed by atoms with Gasteiger partial charge in [-0.2, -0.15) is 4.31 Å². The van der Waals surface area contributed by atoms with Crippen LogP contribution in [-0.2, 0) is 19.6 Å². The van der Waals surface area contributed by atoms with Gasteiger partial charge in [0.2, 0.25) is 15.9 Å². The molecule has 1 aliphatic rings. The molecule has 0 saturated carbocycles. The zero-order valence-electron chi connectivity index (χ0n) is 17.2. The average molecular weight is 451 g/mol. The third kappa shape index (κ3) is 4.71. The number of amides is 1. The van der Waals surface area contributed by atoms with Crippen LogP contribution in [0.5, 0.6) is 0 Å². The summed E-state index contributed by atoms with van der Waals surface area (Å²) in [7, 11) is -3.83. The molecule has 0 unspecified atom stereocenters. The van der Waals surface area contributed by atoms with E-state index in [-0.39, 0.29) is 36.0 Å². The van der Waals surface area contributed by atoms with Gasteiger partial charge in [-0.15, -0.1) is 0 Å². The summed E-state index contributed by atoms with van der Waals surface area (Å²) in [5, 5.41) is 2.60. The number of carbonyl (C=O) groups is 2. The Morgan fingerprint density at radius 2 is 1.44 bits per heavy atom. The van der Waals surface area contributed by atoms with E-state index < -0.39 is 22.1 Å². The molecule has 1 N–H and O–H groups in total. The third-order valence-electron chi connectivity index (χ3n) is 5.16. The number of esters is 1. The van der Waals surface area contributed by atoms with Gasteiger partial charge in [0.15, 0.2) is 6.10 Å². The Bertz CT molecular complexity index is 1160. The standard InChI is InChI=1S/C24H22N2O5S/c27-22-17-26(16-15-25-22)32(29,30)21-13-11-20(12-14-21)24(28)31-23(18-7-3-1-4-8-18)19-9-5-2-6-10-19/h1-14,23H,15-17H2,(H,25,27). The zero-order chi connectivity index (χ0) is 22.6. The van der Waals surface area contributed by atoms with E-state index in [0.717, 1.165) is 15.4 Å². The molecule has 0 aromatic heterocycles. The van der Waals surface area contributed by atoms with Gasteiger partial charge < -0.3 is 10.1 Å². The lowest BCUT2D eigenvalue weighted by Gasteiger charge is -2.25. The van der Waals surface area contributed by atoms with Crippen LogP contribution in [0, 0.1) is 0 Å². The Morgan fingerprint density at radius 3 is 1.97 bits per heavy atom. The van der Waals surface area contributed by atoms with E-state index in [2.05, 4.69) is 5.32 Å². The van der Waals surface area contributed by atoms with E-state index in [4.69, 9.17) is 4.74 Å². The molecule has 1 saturated heterocycles. The van der Waals surface area contributed by atoms with Crippen LogP contribution in [0.25, 0.3) is 0 Å². The first-order valence-electron chi connectivity index (χ1n) is 10.1. The number of nitrogens with one attached hydrogen (secondary N) is 1.